The van der Waals surface area contributed by atoms with E-state index in [0.29, 0.717) is 23.4 Å². The summed E-state index contributed by atoms with van der Waals surface area (Å²) in [7, 11) is 3.92. The molecule has 0 aliphatic carbocycles. The highest BCUT2D eigenvalue weighted by Gasteiger charge is 2.10. The molecule has 0 radical (unpaired) electrons. The van der Waals surface area contributed by atoms with Crippen molar-refractivity contribution in [1.29, 1.82) is 0 Å². The Morgan fingerprint density at radius 2 is 1.50 bits per heavy atom. The van der Waals surface area contributed by atoms with Crippen LogP contribution in [0.2, 0.25) is 0 Å². The number of carbonyl (C=O) groups excluding carboxylic acids is 2. The molecule has 0 atom stereocenters. The van der Waals surface area contributed by atoms with Crippen LogP contribution < -0.4 is 15.5 Å². The molecule has 3 aromatic rings. The second kappa shape index (κ2) is 8.81. The summed E-state index contributed by atoms with van der Waals surface area (Å²) in [5.74, 6) is -0.435. The summed E-state index contributed by atoms with van der Waals surface area (Å²) in [6.45, 7) is 0.352. The second-order valence-corrected chi connectivity index (χ2v) is 6.48. The smallest absolute Gasteiger partial charge is 0.255 e. The summed E-state index contributed by atoms with van der Waals surface area (Å²) in [5, 5.41) is 5.67. The number of benzene rings is 2. The third-order valence-corrected chi connectivity index (χ3v) is 4.21. The largest absolute Gasteiger partial charge is 0.378 e. The van der Waals surface area contributed by atoms with Crippen LogP contribution in [0.15, 0.2) is 72.9 Å². The molecule has 6 nitrogen and oxygen atoms in total. The minimum atomic E-state index is -0.224. The third kappa shape index (κ3) is 4.94. The Morgan fingerprint density at radius 3 is 2.07 bits per heavy atom. The average molecular weight is 374 g/mol. The predicted molar refractivity (Wildman–Crippen MR) is 111 cm³/mol. The van der Waals surface area contributed by atoms with Crippen molar-refractivity contribution in [2.75, 3.05) is 24.3 Å². The van der Waals surface area contributed by atoms with E-state index in [4.69, 9.17) is 0 Å². The maximum atomic E-state index is 12.4. The van der Waals surface area contributed by atoms with Crippen molar-refractivity contribution in [2.24, 2.45) is 0 Å². The van der Waals surface area contributed by atoms with Gasteiger partial charge in [-0.05, 0) is 60.7 Å². The molecule has 0 unspecified atom stereocenters. The van der Waals surface area contributed by atoms with Crippen LogP contribution in [-0.4, -0.2) is 30.9 Å². The maximum Gasteiger partial charge on any atom is 0.255 e. The molecular formula is C22H22N4O2. The van der Waals surface area contributed by atoms with Gasteiger partial charge in [-0.25, -0.2) is 0 Å². The SMILES string of the molecule is CN(C)c1ccc(NC(=O)c2ccc(C(=O)NCc3ccccn3)cc2)cc1. The van der Waals surface area contributed by atoms with Gasteiger partial charge in [0.15, 0.2) is 0 Å². The quantitative estimate of drug-likeness (QED) is 0.694. The Morgan fingerprint density at radius 1 is 0.857 bits per heavy atom. The van der Waals surface area contributed by atoms with Gasteiger partial charge in [0, 0.05) is 42.8 Å². The standard InChI is InChI=1S/C22H22N4O2/c1-26(2)20-12-10-18(11-13-20)25-22(28)17-8-6-16(7-9-17)21(27)24-15-19-5-3-4-14-23-19/h3-14H,15H2,1-2H3,(H,24,27)(H,25,28). The summed E-state index contributed by atoms with van der Waals surface area (Å²) in [6.07, 6.45) is 1.68. The zero-order chi connectivity index (χ0) is 19.9. The number of nitrogens with zero attached hydrogens (tertiary/aromatic N) is 2. The molecule has 6 heteroatoms. The summed E-state index contributed by atoms with van der Waals surface area (Å²) in [5.41, 5.74) is 3.53. The third-order valence-electron chi connectivity index (χ3n) is 4.21. The first kappa shape index (κ1) is 19.1. The fourth-order valence-corrected chi connectivity index (χ4v) is 2.59. The van der Waals surface area contributed by atoms with E-state index in [-0.39, 0.29) is 11.8 Å². The number of anilines is 2. The molecule has 142 valence electrons. The van der Waals surface area contributed by atoms with Gasteiger partial charge in [0.05, 0.1) is 12.2 Å². The van der Waals surface area contributed by atoms with Crippen LogP contribution in [-0.2, 0) is 6.54 Å². The van der Waals surface area contributed by atoms with E-state index in [1.165, 1.54) is 0 Å². The fraction of sp³-hybridized carbons (Fsp3) is 0.136. The van der Waals surface area contributed by atoms with Gasteiger partial charge in [0.25, 0.3) is 11.8 Å². The average Bonchev–Trinajstić information content (AvgIpc) is 2.73. The molecule has 1 aromatic heterocycles. The first-order valence-electron chi connectivity index (χ1n) is 8.90. The molecule has 28 heavy (non-hydrogen) atoms. The van der Waals surface area contributed by atoms with Gasteiger partial charge in [-0.3, -0.25) is 14.6 Å². The molecule has 2 N–H and O–H groups in total. The Labute approximate surface area is 164 Å². The van der Waals surface area contributed by atoms with Crippen molar-refractivity contribution >= 4 is 23.2 Å². The molecule has 2 amide bonds. The molecule has 0 saturated carbocycles. The number of pyridine rings is 1. The van der Waals surface area contributed by atoms with E-state index in [0.717, 1.165) is 11.4 Å². The van der Waals surface area contributed by atoms with Crippen LogP contribution in [0.3, 0.4) is 0 Å². The molecule has 0 bridgehead atoms. The molecule has 0 saturated heterocycles. The lowest BCUT2D eigenvalue weighted by atomic mass is 10.1. The van der Waals surface area contributed by atoms with Crippen molar-refractivity contribution in [2.45, 2.75) is 6.54 Å². The normalized spacial score (nSPS) is 10.2. The molecule has 2 aromatic carbocycles. The Hall–Kier alpha value is -3.67. The molecular weight excluding hydrogens is 352 g/mol. The van der Waals surface area contributed by atoms with E-state index >= 15 is 0 Å². The van der Waals surface area contributed by atoms with Gasteiger partial charge < -0.3 is 15.5 Å². The zero-order valence-corrected chi connectivity index (χ0v) is 15.8. The van der Waals surface area contributed by atoms with E-state index in [2.05, 4.69) is 15.6 Å². The molecule has 1 heterocycles. The highest BCUT2D eigenvalue weighted by Crippen LogP contribution is 2.16. The van der Waals surface area contributed by atoms with Crippen LogP contribution in [0.1, 0.15) is 26.4 Å². The molecule has 3 rings (SSSR count). The Kier molecular flexibility index (Phi) is 6.01. The number of hydrogen-bond donors (Lipinski definition) is 2. The summed E-state index contributed by atoms with van der Waals surface area (Å²) in [4.78, 5) is 30.8. The van der Waals surface area contributed by atoms with Crippen molar-refractivity contribution in [3.8, 4) is 0 Å². The minimum Gasteiger partial charge on any atom is -0.378 e. The van der Waals surface area contributed by atoms with E-state index in [1.54, 1.807) is 30.5 Å². The summed E-state index contributed by atoms with van der Waals surface area (Å²) in [6, 6.07) is 19.7. The minimum absolute atomic E-state index is 0.211. The second-order valence-electron chi connectivity index (χ2n) is 6.48. The van der Waals surface area contributed by atoms with E-state index < -0.39 is 0 Å². The number of nitrogens with one attached hydrogen (secondary N) is 2. The van der Waals surface area contributed by atoms with Crippen LogP contribution >= 0.6 is 0 Å². The lowest BCUT2D eigenvalue weighted by Gasteiger charge is -2.13. The predicted octanol–water partition coefficient (Wildman–Crippen LogP) is 3.33. The first-order valence-corrected chi connectivity index (χ1v) is 8.90. The number of carbonyl (C=O) groups is 2. The van der Waals surface area contributed by atoms with Crippen molar-refractivity contribution < 1.29 is 9.59 Å². The lowest BCUT2D eigenvalue weighted by Crippen LogP contribution is -2.23. The summed E-state index contributed by atoms with van der Waals surface area (Å²) >= 11 is 0. The zero-order valence-electron chi connectivity index (χ0n) is 15.8. The molecule has 0 fully saturated rings. The highest BCUT2D eigenvalue weighted by atomic mass is 16.2. The van der Waals surface area contributed by atoms with Crippen LogP contribution in [0.25, 0.3) is 0 Å². The van der Waals surface area contributed by atoms with Crippen molar-refractivity contribution in [3.05, 3.63) is 89.7 Å². The van der Waals surface area contributed by atoms with Crippen LogP contribution in [0, 0.1) is 0 Å². The number of amides is 2. The fourth-order valence-electron chi connectivity index (χ4n) is 2.59. The van der Waals surface area contributed by atoms with Gasteiger partial charge in [-0.1, -0.05) is 6.07 Å². The van der Waals surface area contributed by atoms with Gasteiger partial charge in [-0.2, -0.15) is 0 Å². The number of aromatic nitrogens is 1. The van der Waals surface area contributed by atoms with E-state index in [9.17, 15) is 9.59 Å². The molecule has 0 spiro atoms. The number of hydrogen-bond acceptors (Lipinski definition) is 4. The maximum absolute atomic E-state index is 12.4. The molecule has 0 aliphatic heterocycles. The Bertz CT molecular complexity index is 937. The Balaban J connectivity index is 1.58. The first-order chi connectivity index (χ1) is 13.5. The highest BCUT2D eigenvalue weighted by molar-refractivity contribution is 6.05. The summed E-state index contributed by atoms with van der Waals surface area (Å²) < 4.78 is 0. The van der Waals surface area contributed by atoms with Gasteiger partial charge in [0.2, 0.25) is 0 Å². The van der Waals surface area contributed by atoms with Crippen LogP contribution in [0.5, 0.6) is 0 Å². The molecule has 0 aliphatic rings. The van der Waals surface area contributed by atoms with Gasteiger partial charge >= 0.3 is 0 Å². The lowest BCUT2D eigenvalue weighted by molar-refractivity contribution is 0.0948. The van der Waals surface area contributed by atoms with Gasteiger partial charge in [-0.15, -0.1) is 0 Å². The monoisotopic (exact) mass is 374 g/mol. The van der Waals surface area contributed by atoms with Crippen molar-refractivity contribution in [1.82, 2.24) is 10.3 Å². The topological polar surface area (TPSA) is 74.3 Å². The van der Waals surface area contributed by atoms with Crippen molar-refractivity contribution in [3.63, 3.8) is 0 Å². The van der Waals surface area contributed by atoms with Gasteiger partial charge in [0.1, 0.15) is 0 Å². The number of rotatable bonds is 6. The van der Waals surface area contributed by atoms with E-state index in [1.807, 2.05) is 61.5 Å². The van der Waals surface area contributed by atoms with Crippen LogP contribution in [0.4, 0.5) is 11.4 Å².